The zero-order chi connectivity index (χ0) is 9.16. The van der Waals surface area contributed by atoms with Crippen LogP contribution in [0, 0.1) is 11.8 Å². The van der Waals surface area contributed by atoms with Gasteiger partial charge in [0, 0.05) is 0 Å². The number of hydrogen-bond donors (Lipinski definition) is 1. The van der Waals surface area contributed by atoms with Crippen molar-refractivity contribution in [3.8, 4) is 0 Å². The van der Waals surface area contributed by atoms with Crippen molar-refractivity contribution in [1.29, 1.82) is 0 Å². The zero-order valence-electron chi connectivity index (χ0n) is 6.71. The predicted octanol–water partition coefficient (Wildman–Crippen LogP) is -1.20. The summed E-state index contributed by atoms with van der Waals surface area (Å²) in [5, 5.41) is 0.727. The highest BCUT2D eigenvalue weighted by Crippen LogP contribution is 2.43. The average Bonchev–Trinajstić information content (AvgIpc) is 2.76. The van der Waals surface area contributed by atoms with E-state index in [1.807, 2.05) is 12.2 Å². The van der Waals surface area contributed by atoms with Crippen LogP contribution in [0.4, 0.5) is 0 Å². The number of hydrogen-bond acceptors (Lipinski definition) is 4. The standard InChI is InChI=1S/C8H8N2O3/c9-10-7(11)5-3-1-2-4(13-3)6(5)8(10)12/h1-6H,9H2. The highest BCUT2D eigenvalue weighted by Gasteiger charge is 2.60. The molecule has 2 bridgehead atoms. The molecule has 0 saturated carbocycles. The molecule has 2 N–H and O–H groups in total. The molecule has 0 aromatic carbocycles. The van der Waals surface area contributed by atoms with E-state index in [0.717, 1.165) is 5.01 Å². The second-order valence-electron chi connectivity index (χ2n) is 3.55. The van der Waals surface area contributed by atoms with Crippen molar-refractivity contribution in [2.45, 2.75) is 12.2 Å². The molecule has 3 aliphatic heterocycles. The molecule has 13 heavy (non-hydrogen) atoms. The van der Waals surface area contributed by atoms with E-state index in [0.29, 0.717) is 0 Å². The molecule has 0 aliphatic carbocycles. The van der Waals surface area contributed by atoms with Crippen LogP contribution in [0.3, 0.4) is 0 Å². The summed E-state index contributed by atoms with van der Waals surface area (Å²) < 4.78 is 5.39. The topological polar surface area (TPSA) is 72.6 Å². The molecular weight excluding hydrogens is 172 g/mol. The summed E-state index contributed by atoms with van der Waals surface area (Å²) in [7, 11) is 0. The number of hydrazine groups is 1. The van der Waals surface area contributed by atoms with Crippen LogP contribution in [0.5, 0.6) is 0 Å². The summed E-state index contributed by atoms with van der Waals surface area (Å²) in [6.45, 7) is 0. The summed E-state index contributed by atoms with van der Waals surface area (Å²) >= 11 is 0. The molecule has 0 aromatic heterocycles. The van der Waals surface area contributed by atoms with E-state index < -0.39 is 0 Å². The van der Waals surface area contributed by atoms with Gasteiger partial charge in [-0.3, -0.25) is 9.59 Å². The third kappa shape index (κ3) is 0.653. The fourth-order valence-corrected chi connectivity index (χ4v) is 2.33. The third-order valence-corrected chi connectivity index (χ3v) is 2.94. The van der Waals surface area contributed by atoms with Crippen LogP contribution >= 0.6 is 0 Å². The van der Waals surface area contributed by atoms with Crippen LogP contribution in [0.2, 0.25) is 0 Å². The summed E-state index contributed by atoms with van der Waals surface area (Å²) in [5.74, 6) is 3.95. The lowest BCUT2D eigenvalue weighted by Crippen LogP contribution is -2.39. The molecule has 68 valence electrons. The summed E-state index contributed by atoms with van der Waals surface area (Å²) in [5.41, 5.74) is 0. The molecule has 2 saturated heterocycles. The van der Waals surface area contributed by atoms with E-state index in [9.17, 15) is 9.59 Å². The largest absolute Gasteiger partial charge is 0.365 e. The average molecular weight is 180 g/mol. The monoisotopic (exact) mass is 180 g/mol. The smallest absolute Gasteiger partial charge is 0.250 e. The van der Waals surface area contributed by atoms with Gasteiger partial charge in [0.2, 0.25) is 0 Å². The number of amides is 2. The molecule has 0 aromatic rings. The van der Waals surface area contributed by atoms with Gasteiger partial charge in [-0.05, 0) is 0 Å². The first-order valence-electron chi connectivity index (χ1n) is 4.16. The second kappa shape index (κ2) is 2.00. The van der Waals surface area contributed by atoms with Crippen LogP contribution in [0.1, 0.15) is 0 Å². The Balaban J connectivity index is 2.08. The van der Waals surface area contributed by atoms with E-state index in [-0.39, 0.29) is 35.9 Å². The third-order valence-electron chi connectivity index (χ3n) is 2.94. The number of carbonyl (C=O) groups excluding carboxylic acids is 2. The van der Waals surface area contributed by atoms with Gasteiger partial charge in [-0.1, -0.05) is 12.2 Å². The highest BCUT2D eigenvalue weighted by atomic mass is 16.5. The number of fused-ring (bicyclic) bond motifs is 5. The van der Waals surface area contributed by atoms with Gasteiger partial charge in [-0.2, -0.15) is 0 Å². The lowest BCUT2D eigenvalue weighted by molar-refractivity contribution is -0.142. The lowest BCUT2D eigenvalue weighted by Gasteiger charge is -2.10. The Bertz CT molecular complexity index is 308. The lowest BCUT2D eigenvalue weighted by atomic mass is 9.85. The van der Waals surface area contributed by atoms with Crippen molar-refractivity contribution in [3.05, 3.63) is 12.2 Å². The van der Waals surface area contributed by atoms with Crippen LogP contribution in [0.15, 0.2) is 12.2 Å². The van der Waals surface area contributed by atoms with Gasteiger partial charge in [0.15, 0.2) is 0 Å². The van der Waals surface area contributed by atoms with E-state index >= 15 is 0 Å². The number of rotatable bonds is 0. The number of nitrogens with zero attached hydrogens (tertiary/aromatic N) is 1. The molecule has 4 unspecified atom stereocenters. The van der Waals surface area contributed by atoms with Crippen molar-refractivity contribution in [2.75, 3.05) is 0 Å². The Kier molecular flexibility index (Phi) is 1.11. The molecule has 0 spiro atoms. The fourth-order valence-electron chi connectivity index (χ4n) is 2.33. The van der Waals surface area contributed by atoms with Gasteiger partial charge in [-0.25, -0.2) is 10.9 Å². The van der Waals surface area contributed by atoms with E-state index in [4.69, 9.17) is 10.6 Å². The number of nitrogens with two attached hydrogens (primary N) is 1. The van der Waals surface area contributed by atoms with Crippen molar-refractivity contribution in [2.24, 2.45) is 17.7 Å². The Labute approximate surface area is 74.1 Å². The van der Waals surface area contributed by atoms with Gasteiger partial charge in [0.25, 0.3) is 11.8 Å². The first kappa shape index (κ1) is 7.23. The molecular formula is C8H8N2O3. The quantitative estimate of drug-likeness (QED) is 0.220. The molecule has 3 aliphatic rings. The van der Waals surface area contributed by atoms with Crippen LogP contribution in [-0.4, -0.2) is 29.0 Å². The maximum atomic E-state index is 11.5. The maximum Gasteiger partial charge on any atom is 0.250 e. The predicted molar refractivity (Wildman–Crippen MR) is 40.8 cm³/mol. The van der Waals surface area contributed by atoms with E-state index in [2.05, 4.69) is 0 Å². The van der Waals surface area contributed by atoms with E-state index in [1.54, 1.807) is 0 Å². The van der Waals surface area contributed by atoms with Crippen molar-refractivity contribution in [1.82, 2.24) is 5.01 Å². The molecule has 5 nitrogen and oxygen atoms in total. The SMILES string of the molecule is NN1C(=O)C2C3C=CC(O3)C2C1=O. The fraction of sp³-hybridized carbons (Fsp3) is 0.500. The first-order chi connectivity index (χ1) is 6.20. The Hall–Kier alpha value is -1.20. The van der Waals surface area contributed by atoms with Crippen LogP contribution in [0.25, 0.3) is 0 Å². The van der Waals surface area contributed by atoms with Crippen LogP contribution < -0.4 is 5.84 Å². The highest BCUT2D eigenvalue weighted by molar-refractivity contribution is 6.06. The molecule has 3 heterocycles. The Morgan fingerprint density at radius 1 is 1.15 bits per heavy atom. The number of ether oxygens (including phenoxy) is 1. The van der Waals surface area contributed by atoms with Gasteiger partial charge in [-0.15, -0.1) is 0 Å². The zero-order valence-corrected chi connectivity index (χ0v) is 6.71. The molecule has 3 rings (SSSR count). The normalized spacial score (nSPS) is 46.4. The second-order valence-corrected chi connectivity index (χ2v) is 3.55. The van der Waals surface area contributed by atoms with E-state index in [1.165, 1.54) is 0 Å². The minimum absolute atomic E-state index is 0.236. The summed E-state index contributed by atoms with van der Waals surface area (Å²) in [4.78, 5) is 22.9. The van der Waals surface area contributed by atoms with Gasteiger partial charge in [0.05, 0.1) is 24.0 Å². The summed E-state index contributed by atoms with van der Waals surface area (Å²) in [6, 6.07) is 0. The molecule has 5 heteroatoms. The van der Waals surface area contributed by atoms with Gasteiger partial charge < -0.3 is 4.74 Å². The van der Waals surface area contributed by atoms with Crippen molar-refractivity contribution < 1.29 is 14.3 Å². The van der Waals surface area contributed by atoms with Gasteiger partial charge in [0.1, 0.15) is 0 Å². The number of carbonyl (C=O) groups is 2. The van der Waals surface area contributed by atoms with Gasteiger partial charge >= 0.3 is 0 Å². The molecule has 2 amide bonds. The number of imide groups is 1. The maximum absolute atomic E-state index is 11.5. The Morgan fingerprint density at radius 3 is 2.08 bits per heavy atom. The summed E-state index contributed by atoms with van der Waals surface area (Å²) in [6.07, 6.45) is 3.19. The molecule has 4 atom stereocenters. The molecule has 0 radical (unpaired) electrons. The molecule has 2 fully saturated rings. The Morgan fingerprint density at radius 2 is 1.62 bits per heavy atom. The van der Waals surface area contributed by atoms with Crippen molar-refractivity contribution in [3.63, 3.8) is 0 Å². The first-order valence-corrected chi connectivity index (χ1v) is 4.16. The minimum Gasteiger partial charge on any atom is -0.365 e. The van der Waals surface area contributed by atoms with Crippen molar-refractivity contribution >= 4 is 11.8 Å². The minimum atomic E-state index is -0.368. The van der Waals surface area contributed by atoms with Crippen LogP contribution in [-0.2, 0) is 14.3 Å².